The van der Waals surface area contributed by atoms with E-state index in [4.69, 9.17) is 16.9 Å². The molecule has 2 rings (SSSR count). The summed E-state index contributed by atoms with van der Waals surface area (Å²) in [6.45, 7) is 0.148. The van der Waals surface area contributed by atoms with E-state index in [9.17, 15) is 4.79 Å². The molecule has 1 aromatic carbocycles. The standard InChI is InChI=1S/C13H9ClN2OS/c14-13-6-5-12(18-13)11(17)8-16-10-4-2-1-3-9(10)7-15/h1-6,16H,8H2. The van der Waals surface area contributed by atoms with Crippen molar-refractivity contribution in [3.05, 3.63) is 51.2 Å². The van der Waals surface area contributed by atoms with E-state index < -0.39 is 0 Å². The molecule has 0 radical (unpaired) electrons. The maximum atomic E-state index is 11.8. The average molecular weight is 277 g/mol. The summed E-state index contributed by atoms with van der Waals surface area (Å²) in [5.41, 5.74) is 1.19. The zero-order valence-corrected chi connectivity index (χ0v) is 10.9. The predicted molar refractivity (Wildman–Crippen MR) is 73.3 cm³/mol. The molecule has 0 saturated heterocycles. The predicted octanol–water partition coefficient (Wildman–Crippen LogP) is 3.57. The van der Waals surface area contributed by atoms with Gasteiger partial charge in [0.2, 0.25) is 0 Å². The van der Waals surface area contributed by atoms with Gasteiger partial charge in [0.15, 0.2) is 5.78 Å². The minimum Gasteiger partial charge on any atom is -0.376 e. The van der Waals surface area contributed by atoms with Crippen LogP contribution >= 0.6 is 22.9 Å². The van der Waals surface area contributed by atoms with E-state index in [0.29, 0.717) is 20.5 Å². The summed E-state index contributed by atoms with van der Waals surface area (Å²) < 4.78 is 0.593. The van der Waals surface area contributed by atoms with Gasteiger partial charge in [0.25, 0.3) is 0 Å². The number of carbonyl (C=O) groups excluding carboxylic acids is 1. The molecule has 2 aromatic rings. The van der Waals surface area contributed by atoms with E-state index in [-0.39, 0.29) is 12.3 Å². The molecule has 0 atom stereocenters. The lowest BCUT2D eigenvalue weighted by atomic mass is 10.2. The molecular weight excluding hydrogens is 268 g/mol. The first kappa shape index (κ1) is 12.6. The Morgan fingerprint density at radius 3 is 2.78 bits per heavy atom. The lowest BCUT2D eigenvalue weighted by Crippen LogP contribution is -2.13. The molecule has 90 valence electrons. The molecule has 0 fully saturated rings. The van der Waals surface area contributed by atoms with Crippen molar-refractivity contribution in [2.24, 2.45) is 0 Å². The lowest BCUT2D eigenvalue weighted by molar-refractivity contribution is 0.101. The third kappa shape index (κ3) is 2.89. The maximum Gasteiger partial charge on any atom is 0.191 e. The maximum absolute atomic E-state index is 11.8. The van der Waals surface area contributed by atoms with Crippen LogP contribution in [-0.4, -0.2) is 12.3 Å². The fourth-order valence-electron chi connectivity index (χ4n) is 1.46. The Kier molecular flexibility index (Phi) is 3.98. The second-order valence-corrected chi connectivity index (χ2v) is 5.25. The Morgan fingerprint density at radius 1 is 1.33 bits per heavy atom. The summed E-state index contributed by atoms with van der Waals surface area (Å²) in [7, 11) is 0. The Labute approximate surface area is 114 Å². The number of nitrogens with one attached hydrogen (secondary N) is 1. The second-order valence-electron chi connectivity index (χ2n) is 3.54. The van der Waals surface area contributed by atoms with Gasteiger partial charge in [-0.2, -0.15) is 5.26 Å². The number of nitriles is 1. The smallest absolute Gasteiger partial charge is 0.191 e. The van der Waals surface area contributed by atoms with Gasteiger partial charge in [0, 0.05) is 0 Å². The number of halogens is 1. The molecule has 0 unspecified atom stereocenters. The molecule has 5 heteroatoms. The van der Waals surface area contributed by atoms with E-state index in [1.54, 1.807) is 30.3 Å². The molecule has 1 N–H and O–H groups in total. The fraction of sp³-hybridized carbons (Fsp3) is 0.0769. The Balaban J connectivity index is 2.04. The van der Waals surface area contributed by atoms with Gasteiger partial charge in [-0.05, 0) is 24.3 Å². The van der Waals surface area contributed by atoms with Crippen molar-refractivity contribution in [1.82, 2.24) is 0 Å². The summed E-state index contributed by atoms with van der Waals surface area (Å²) in [6, 6.07) is 12.5. The summed E-state index contributed by atoms with van der Waals surface area (Å²) in [5, 5.41) is 11.9. The third-order valence-electron chi connectivity index (χ3n) is 2.33. The largest absolute Gasteiger partial charge is 0.376 e. The fourth-order valence-corrected chi connectivity index (χ4v) is 2.44. The molecule has 0 aliphatic rings. The van der Waals surface area contributed by atoms with Crippen molar-refractivity contribution in [2.75, 3.05) is 11.9 Å². The number of para-hydroxylation sites is 1. The van der Waals surface area contributed by atoms with Crippen molar-refractivity contribution in [2.45, 2.75) is 0 Å². The quantitative estimate of drug-likeness (QED) is 0.869. The molecule has 0 aliphatic carbocycles. The molecular formula is C13H9ClN2OS. The second kappa shape index (κ2) is 5.67. The Bertz CT molecular complexity index is 615. The summed E-state index contributed by atoms with van der Waals surface area (Å²) in [6.07, 6.45) is 0. The van der Waals surface area contributed by atoms with Gasteiger partial charge in [-0.3, -0.25) is 4.79 Å². The SMILES string of the molecule is N#Cc1ccccc1NCC(=O)c1ccc(Cl)s1. The zero-order valence-electron chi connectivity index (χ0n) is 9.31. The van der Waals surface area contributed by atoms with Crippen LogP contribution in [0.5, 0.6) is 0 Å². The van der Waals surface area contributed by atoms with Gasteiger partial charge in [-0.25, -0.2) is 0 Å². The highest BCUT2D eigenvalue weighted by molar-refractivity contribution is 7.18. The van der Waals surface area contributed by atoms with Crippen molar-refractivity contribution < 1.29 is 4.79 Å². The van der Waals surface area contributed by atoms with Gasteiger partial charge in [0.05, 0.1) is 27.0 Å². The normalized spacial score (nSPS) is 9.78. The number of benzene rings is 1. The Hall–Kier alpha value is -1.83. The lowest BCUT2D eigenvalue weighted by Gasteiger charge is -2.06. The van der Waals surface area contributed by atoms with E-state index >= 15 is 0 Å². The number of rotatable bonds is 4. The molecule has 3 nitrogen and oxygen atoms in total. The third-order valence-corrected chi connectivity index (χ3v) is 3.61. The molecule has 18 heavy (non-hydrogen) atoms. The first-order valence-corrected chi connectivity index (χ1v) is 6.41. The van der Waals surface area contributed by atoms with Crippen LogP contribution in [0, 0.1) is 11.3 Å². The van der Waals surface area contributed by atoms with Crippen molar-refractivity contribution in [3.63, 3.8) is 0 Å². The number of thiophene rings is 1. The number of carbonyl (C=O) groups is 1. The summed E-state index contributed by atoms with van der Waals surface area (Å²) in [5.74, 6) is -0.0420. The van der Waals surface area contributed by atoms with Crippen molar-refractivity contribution in [1.29, 1.82) is 5.26 Å². The van der Waals surface area contributed by atoms with Crippen LogP contribution in [0.1, 0.15) is 15.2 Å². The first-order chi connectivity index (χ1) is 8.70. The van der Waals surface area contributed by atoms with E-state index in [1.165, 1.54) is 11.3 Å². The number of nitrogens with zero attached hydrogens (tertiary/aromatic N) is 1. The number of hydrogen-bond acceptors (Lipinski definition) is 4. The van der Waals surface area contributed by atoms with Gasteiger partial charge in [-0.1, -0.05) is 23.7 Å². The van der Waals surface area contributed by atoms with Gasteiger partial charge < -0.3 is 5.32 Å². The van der Waals surface area contributed by atoms with E-state index in [0.717, 1.165) is 0 Å². The van der Waals surface area contributed by atoms with Crippen LogP contribution in [-0.2, 0) is 0 Å². The summed E-state index contributed by atoms with van der Waals surface area (Å²) in [4.78, 5) is 12.5. The molecule has 1 heterocycles. The first-order valence-electron chi connectivity index (χ1n) is 5.22. The van der Waals surface area contributed by atoms with Crippen LogP contribution < -0.4 is 5.32 Å². The van der Waals surface area contributed by atoms with E-state index in [1.807, 2.05) is 6.07 Å². The zero-order chi connectivity index (χ0) is 13.0. The van der Waals surface area contributed by atoms with E-state index in [2.05, 4.69) is 11.4 Å². The molecule has 0 aliphatic heterocycles. The van der Waals surface area contributed by atoms with Crippen molar-refractivity contribution in [3.8, 4) is 6.07 Å². The minimum atomic E-state index is -0.0420. The highest BCUT2D eigenvalue weighted by Crippen LogP contribution is 2.22. The van der Waals surface area contributed by atoms with Crippen LogP contribution in [0.4, 0.5) is 5.69 Å². The molecule has 1 aromatic heterocycles. The monoisotopic (exact) mass is 276 g/mol. The molecule has 0 saturated carbocycles. The molecule has 0 spiro atoms. The van der Waals surface area contributed by atoms with Gasteiger partial charge in [0.1, 0.15) is 6.07 Å². The van der Waals surface area contributed by atoms with Gasteiger partial charge in [-0.15, -0.1) is 11.3 Å². The number of anilines is 1. The number of ketones is 1. The van der Waals surface area contributed by atoms with Crippen LogP contribution in [0.3, 0.4) is 0 Å². The number of hydrogen-bond donors (Lipinski definition) is 1. The van der Waals surface area contributed by atoms with Gasteiger partial charge >= 0.3 is 0 Å². The van der Waals surface area contributed by atoms with Crippen LogP contribution in [0.15, 0.2) is 36.4 Å². The summed E-state index contributed by atoms with van der Waals surface area (Å²) >= 11 is 7.02. The molecule has 0 bridgehead atoms. The van der Waals surface area contributed by atoms with Crippen LogP contribution in [0.25, 0.3) is 0 Å². The minimum absolute atomic E-state index is 0.0420. The number of Topliss-reactive ketones (excluding diaryl/α,β-unsaturated/α-hetero) is 1. The van der Waals surface area contributed by atoms with Crippen molar-refractivity contribution >= 4 is 34.4 Å². The Morgan fingerprint density at radius 2 is 2.11 bits per heavy atom. The average Bonchev–Trinajstić information content (AvgIpc) is 2.83. The highest BCUT2D eigenvalue weighted by atomic mass is 35.5. The highest BCUT2D eigenvalue weighted by Gasteiger charge is 2.09. The topological polar surface area (TPSA) is 52.9 Å². The molecule has 0 amide bonds. The van der Waals surface area contributed by atoms with Crippen LogP contribution in [0.2, 0.25) is 4.34 Å².